The van der Waals surface area contributed by atoms with E-state index in [4.69, 9.17) is 4.42 Å². The molecule has 1 unspecified atom stereocenters. The lowest BCUT2D eigenvalue weighted by atomic mass is 10.1. The minimum Gasteiger partial charge on any atom is -0.416 e. The molecule has 4 nitrogen and oxygen atoms in total. The third kappa shape index (κ3) is 3.14. The molecule has 5 heteroatoms. The first-order valence-electron chi connectivity index (χ1n) is 4.67. The second-order valence-corrected chi connectivity index (χ2v) is 4.07. The summed E-state index contributed by atoms with van der Waals surface area (Å²) in [5, 5.41) is 8.38. The minimum absolute atomic E-state index is 0.308. The maximum atomic E-state index is 10.1. The third-order valence-corrected chi connectivity index (χ3v) is 2.77. The Balaban J connectivity index is 2.46. The molecule has 1 aromatic heterocycles. The van der Waals surface area contributed by atoms with Crippen molar-refractivity contribution in [1.82, 2.24) is 10.2 Å². The van der Waals surface area contributed by atoms with Gasteiger partial charge < -0.3 is 9.21 Å². The molecule has 0 saturated carbocycles. The second-order valence-electron chi connectivity index (χ2n) is 3.02. The Hall–Kier alpha value is -0.840. The van der Waals surface area contributed by atoms with E-state index in [1.807, 2.05) is 6.92 Å². The summed E-state index contributed by atoms with van der Waals surface area (Å²) in [5.74, 6) is 1.69. The van der Waals surface area contributed by atoms with E-state index in [0.29, 0.717) is 29.2 Å². The van der Waals surface area contributed by atoms with Crippen molar-refractivity contribution in [1.29, 1.82) is 0 Å². The fraction of sp³-hybridized carbons (Fsp3) is 0.667. The van der Waals surface area contributed by atoms with Crippen molar-refractivity contribution in [2.45, 2.75) is 37.8 Å². The zero-order valence-corrected chi connectivity index (χ0v) is 9.21. The quantitative estimate of drug-likeness (QED) is 0.413. The molecule has 0 spiro atoms. The van der Waals surface area contributed by atoms with E-state index in [1.165, 1.54) is 11.8 Å². The Bertz CT molecular complexity index is 288. The van der Waals surface area contributed by atoms with E-state index in [1.54, 1.807) is 0 Å². The van der Waals surface area contributed by atoms with E-state index in [2.05, 4.69) is 17.1 Å². The number of hydrogen-bond donors (Lipinski definition) is 0. The fourth-order valence-corrected chi connectivity index (χ4v) is 1.48. The van der Waals surface area contributed by atoms with Crippen LogP contribution >= 0.6 is 11.8 Å². The Morgan fingerprint density at radius 3 is 3.00 bits per heavy atom. The lowest BCUT2D eigenvalue weighted by Crippen LogP contribution is -1.90. The first-order chi connectivity index (χ1) is 6.77. The molecule has 1 heterocycles. The Kier molecular flexibility index (Phi) is 4.65. The molecule has 0 N–H and O–H groups in total. The Morgan fingerprint density at radius 2 is 2.36 bits per heavy atom. The van der Waals surface area contributed by atoms with Gasteiger partial charge in [-0.2, -0.15) is 0 Å². The van der Waals surface area contributed by atoms with Crippen LogP contribution in [0.4, 0.5) is 0 Å². The van der Waals surface area contributed by atoms with Crippen LogP contribution in [0.3, 0.4) is 0 Å². The molecule has 14 heavy (non-hydrogen) atoms. The highest BCUT2D eigenvalue weighted by molar-refractivity contribution is 7.99. The average Bonchev–Trinajstić information content (AvgIpc) is 2.66. The smallest absolute Gasteiger partial charge is 0.276 e. The van der Waals surface area contributed by atoms with Crippen molar-refractivity contribution in [3.63, 3.8) is 0 Å². The molecule has 0 radical (unpaired) electrons. The SMILES string of the molecule is CCC(C)c1nnc(SCCC=O)o1. The molecule has 1 aromatic rings. The highest BCUT2D eigenvalue weighted by Gasteiger charge is 2.11. The molecule has 78 valence electrons. The fourth-order valence-electron chi connectivity index (χ4n) is 0.847. The zero-order chi connectivity index (χ0) is 10.4. The van der Waals surface area contributed by atoms with Crippen molar-refractivity contribution in [2.24, 2.45) is 0 Å². The summed E-state index contributed by atoms with van der Waals surface area (Å²) in [5.41, 5.74) is 0. The molecule has 0 amide bonds. The number of carbonyl (C=O) groups is 1. The van der Waals surface area contributed by atoms with Crippen LogP contribution in [0.2, 0.25) is 0 Å². The predicted octanol–water partition coefficient (Wildman–Crippen LogP) is 2.26. The standard InChI is InChI=1S/C9H14N2O2S/c1-3-7(2)8-10-11-9(13-8)14-6-4-5-12/h5,7H,3-4,6H2,1-2H3. The molecule has 1 atom stereocenters. The maximum Gasteiger partial charge on any atom is 0.276 e. The van der Waals surface area contributed by atoms with Crippen LogP contribution in [0, 0.1) is 0 Å². The van der Waals surface area contributed by atoms with Gasteiger partial charge in [-0.15, -0.1) is 10.2 Å². The summed E-state index contributed by atoms with van der Waals surface area (Å²) < 4.78 is 5.41. The first-order valence-corrected chi connectivity index (χ1v) is 5.66. The number of aromatic nitrogens is 2. The number of aldehydes is 1. The van der Waals surface area contributed by atoms with E-state index in [9.17, 15) is 4.79 Å². The van der Waals surface area contributed by atoms with Gasteiger partial charge in [0, 0.05) is 18.1 Å². The van der Waals surface area contributed by atoms with Crippen molar-refractivity contribution < 1.29 is 9.21 Å². The number of hydrogen-bond acceptors (Lipinski definition) is 5. The third-order valence-electron chi connectivity index (χ3n) is 1.92. The topological polar surface area (TPSA) is 56.0 Å². The number of thioether (sulfide) groups is 1. The van der Waals surface area contributed by atoms with Crippen molar-refractivity contribution in [3.05, 3.63) is 5.89 Å². The van der Waals surface area contributed by atoms with Crippen molar-refractivity contribution >= 4 is 18.0 Å². The van der Waals surface area contributed by atoms with Gasteiger partial charge >= 0.3 is 0 Å². The molecule has 0 aliphatic carbocycles. The van der Waals surface area contributed by atoms with E-state index >= 15 is 0 Å². The molecule has 0 bridgehead atoms. The van der Waals surface area contributed by atoms with Crippen molar-refractivity contribution in [3.8, 4) is 0 Å². The largest absolute Gasteiger partial charge is 0.416 e. The zero-order valence-electron chi connectivity index (χ0n) is 8.40. The van der Waals surface area contributed by atoms with E-state index < -0.39 is 0 Å². The number of nitrogens with zero attached hydrogens (tertiary/aromatic N) is 2. The van der Waals surface area contributed by atoms with E-state index in [0.717, 1.165) is 12.7 Å². The lowest BCUT2D eigenvalue weighted by Gasteiger charge is -1.99. The van der Waals surface area contributed by atoms with E-state index in [-0.39, 0.29) is 0 Å². The summed E-state index contributed by atoms with van der Waals surface area (Å²) in [6, 6.07) is 0. The summed E-state index contributed by atoms with van der Waals surface area (Å²) in [4.78, 5) is 10.1. The summed E-state index contributed by atoms with van der Waals surface area (Å²) in [6.45, 7) is 4.13. The van der Waals surface area contributed by atoms with Crippen LogP contribution in [0.5, 0.6) is 0 Å². The van der Waals surface area contributed by atoms with Gasteiger partial charge in [0.2, 0.25) is 5.89 Å². The van der Waals surface area contributed by atoms with Crippen molar-refractivity contribution in [2.75, 3.05) is 5.75 Å². The highest BCUT2D eigenvalue weighted by atomic mass is 32.2. The molecule has 0 fully saturated rings. The molecule has 1 rings (SSSR count). The van der Waals surface area contributed by atoms with Crippen LogP contribution in [-0.2, 0) is 4.79 Å². The van der Waals surface area contributed by atoms with Gasteiger partial charge in [-0.05, 0) is 6.42 Å². The Labute approximate surface area is 87.5 Å². The van der Waals surface area contributed by atoms with Crippen LogP contribution in [-0.4, -0.2) is 22.2 Å². The summed E-state index contributed by atoms with van der Waals surface area (Å²) in [7, 11) is 0. The summed E-state index contributed by atoms with van der Waals surface area (Å²) in [6.07, 6.45) is 2.39. The van der Waals surface area contributed by atoms with Gasteiger partial charge in [-0.3, -0.25) is 0 Å². The second kappa shape index (κ2) is 5.80. The van der Waals surface area contributed by atoms with Crippen LogP contribution in [0.1, 0.15) is 38.5 Å². The minimum atomic E-state index is 0.308. The Morgan fingerprint density at radius 1 is 1.57 bits per heavy atom. The normalized spacial score (nSPS) is 12.7. The molecule has 0 aliphatic rings. The lowest BCUT2D eigenvalue weighted by molar-refractivity contribution is -0.107. The average molecular weight is 214 g/mol. The van der Waals surface area contributed by atoms with Gasteiger partial charge in [0.1, 0.15) is 6.29 Å². The van der Waals surface area contributed by atoms with Gasteiger partial charge in [0.25, 0.3) is 5.22 Å². The number of carbonyl (C=O) groups excluding carboxylic acids is 1. The summed E-state index contributed by atoms with van der Waals surface area (Å²) >= 11 is 1.42. The molecular weight excluding hydrogens is 200 g/mol. The number of rotatable bonds is 6. The molecule has 0 aliphatic heterocycles. The van der Waals surface area contributed by atoms with Gasteiger partial charge in [0.15, 0.2) is 0 Å². The molecule has 0 saturated heterocycles. The van der Waals surface area contributed by atoms with Crippen LogP contribution < -0.4 is 0 Å². The van der Waals surface area contributed by atoms with Gasteiger partial charge in [-0.25, -0.2) is 0 Å². The van der Waals surface area contributed by atoms with Gasteiger partial charge in [-0.1, -0.05) is 25.6 Å². The first kappa shape index (κ1) is 11.2. The maximum absolute atomic E-state index is 10.1. The van der Waals surface area contributed by atoms with Gasteiger partial charge in [0.05, 0.1) is 0 Å². The van der Waals surface area contributed by atoms with Crippen LogP contribution in [0.25, 0.3) is 0 Å². The molecule has 0 aromatic carbocycles. The monoisotopic (exact) mass is 214 g/mol. The predicted molar refractivity (Wildman–Crippen MR) is 54.4 cm³/mol. The highest BCUT2D eigenvalue weighted by Crippen LogP contribution is 2.22. The van der Waals surface area contributed by atoms with Crippen LogP contribution in [0.15, 0.2) is 9.64 Å². The molecular formula is C9H14N2O2S.